The first-order valence-corrected chi connectivity index (χ1v) is 8.92. The Morgan fingerprint density at radius 3 is 1.48 bits per heavy atom. The Labute approximate surface area is 127 Å². The fourth-order valence-electron chi connectivity index (χ4n) is 2.44. The molecule has 2 nitrogen and oxygen atoms in total. The number of hydrogen-bond donors (Lipinski definition) is 0. The van der Waals surface area contributed by atoms with Gasteiger partial charge < -0.3 is 0 Å². The minimum absolute atomic E-state index is 0.105. The molecule has 0 aliphatic carbocycles. The van der Waals surface area contributed by atoms with E-state index in [9.17, 15) is 8.42 Å². The van der Waals surface area contributed by atoms with E-state index in [-0.39, 0.29) is 11.5 Å². The normalized spacial score (nSPS) is 11.6. The number of aryl methyl sites for hydroxylation is 4. The van der Waals surface area contributed by atoms with Gasteiger partial charge in [0.25, 0.3) is 0 Å². The van der Waals surface area contributed by atoms with Crippen LogP contribution in [0.25, 0.3) is 0 Å². The van der Waals surface area contributed by atoms with Crippen molar-refractivity contribution < 1.29 is 8.42 Å². The van der Waals surface area contributed by atoms with Gasteiger partial charge in [-0.1, -0.05) is 47.5 Å². The molecule has 0 saturated heterocycles. The number of rotatable bonds is 4. The third-order valence-electron chi connectivity index (χ3n) is 3.76. The second kappa shape index (κ2) is 6.02. The van der Waals surface area contributed by atoms with Gasteiger partial charge in [0, 0.05) is 0 Å². The highest BCUT2D eigenvalue weighted by molar-refractivity contribution is 7.89. The predicted octanol–water partition coefficient (Wildman–Crippen LogP) is 4.04. The average molecular weight is 302 g/mol. The first-order valence-electron chi connectivity index (χ1n) is 7.09. The Morgan fingerprint density at radius 2 is 1.10 bits per heavy atom. The fraction of sp³-hybridized carbons (Fsp3) is 0.333. The SMILES string of the molecule is Cc1ccc(C)c(CS(=O)(=O)Cc2cc(C)ccc2C)c1. The van der Waals surface area contributed by atoms with Gasteiger partial charge in [-0.15, -0.1) is 0 Å². The lowest BCUT2D eigenvalue weighted by Crippen LogP contribution is -2.10. The van der Waals surface area contributed by atoms with Gasteiger partial charge in [-0.25, -0.2) is 8.42 Å². The van der Waals surface area contributed by atoms with Crippen LogP contribution < -0.4 is 0 Å². The molecule has 0 radical (unpaired) electrons. The minimum atomic E-state index is -3.17. The molecule has 0 unspecified atom stereocenters. The van der Waals surface area contributed by atoms with Gasteiger partial charge in [0.15, 0.2) is 9.84 Å². The monoisotopic (exact) mass is 302 g/mol. The van der Waals surface area contributed by atoms with E-state index in [0.29, 0.717) is 0 Å². The van der Waals surface area contributed by atoms with Crippen molar-refractivity contribution in [2.24, 2.45) is 0 Å². The lowest BCUT2D eigenvalue weighted by Gasteiger charge is -2.11. The van der Waals surface area contributed by atoms with E-state index in [4.69, 9.17) is 0 Å². The van der Waals surface area contributed by atoms with Crippen LogP contribution in [0.1, 0.15) is 33.4 Å². The molecule has 0 N–H and O–H groups in total. The molecule has 0 bridgehead atoms. The van der Waals surface area contributed by atoms with Crippen molar-refractivity contribution in [3.8, 4) is 0 Å². The lowest BCUT2D eigenvalue weighted by atomic mass is 10.1. The van der Waals surface area contributed by atoms with Gasteiger partial charge in [0.05, 0.1) is 11.5 Å². The van der Waals surface area contributed by atoms with E-state index >= 15 is 0 Å². The Bertz CT molecular complexity index is 699. The van der Waals surface area contributed by atoms with E-state index in [1.165, 1.54) is 0 Å². The van der Waals surface area contributed by atoms with Gasteiger partial charge in [-0.3, -0.25) is 0 Å². The van der Waals surface area contributed by atoms with Crippen molar-refractivity contribution >= 4 is 9.84 Å². The van der Waals surface area contributed by atoms with Gasteiger partial charge >= 0.3 is 0 Å². The van der Waals surface area contributed by atoms with Crippen LogP contribution in [-0.2, 0) is 21.3 Å². The highest BCUT2D eigenvalue weighted by Gasteiger charge is 2.16. The summed E-state index contributed by atoms with van der Waals surface area (Å²) in [4.78, 5) is 0. The molecule has 2 aromatic carbocycles. The molecule has 0 spiro atoms. The molecule has 0 amide bonds. The highest BCUT2D eigenvalue weighted by Crippen LogP contribution is 2.19. The second-order valence-electron chi connectivity index (χ2n) is 5.89. The maximum atomic E-state index is 12.5. The van der Waals surface area contributed by atoms with Gasteiger partial charge in [-0.2, -0.15) is 0 Å². The summed E-state index contributed by atoms with van der Waals surface area (Å²) >= 11 is 0. The number of hydrogen-bond acceptors (Lipinski definition) is 2. The smallest absolute Gasteiger partial charge is 0.158 e. The molecule has 2 aromatic rings. The standard InChI is InChI=1S/C18H22O2S/c1-13-5-7-15(3)17(9-13)11-21(19,20)12-18-10-14(2)6-8-16(18)4/h5-10H,11-12H2,1-4H3. The first-order chi connectivity index (χ1) is 9.77. The molecule has 0 saturated carbocycles. The van der Waals surface area contributed by atoms with Crippen molar-refractivity contribution in [1.29, 1.82) is 0 Å². The number of benzene rings is 2. The minimum Gasteiger partial charge on any atom is -0.228 e. The highest BCUT2D eigenvalue weighted by atomic mass is 32.2. The van der Waals surface area contributed by atoms with Crippen LogP contribution in [-0.4, -0.2) is 8.42 Å². The van der Waals surface area contributed by atoms with E-state index in [1.807, 2.05) is 64.1 Å². The van der Waals surface area contributed by atoms with Crippen LogP contribution in [0, 0.1) is 27.7 Å². The molecule has 2 rings (SSSR count). The first kappa shape index (κ1) is 15.8. The third-order valence-corrected chi connectivity index (χ3v) is 5.26. The average Bonchev–Trinajstić information content (AvgIpc) is 2.37. The van der Waals surface area contributed by atoms with E-state index in [0.717, 1.165) is 33.4 Å². The van der Waals surface area contributed by atoms with Crippen LogP contribution in [0.5, 0.6) is 0 Å². The zero-order valence-electron chi connectivity index (χ0n) is 13.1. The molecular weight excluding hydrogens is 280 g/mol. The molecule has 0 aromatic heterocycles. The summed E-state index contributed by atoms with van der Waals surface area (Å²) in [7, 11) is -3.17. The molecule has 0 heterocycles. The van der Waals surface area contributed by atoms with E-state index in [2.05, 4.69) is 0 Å². The Morgan fingerprint density at radius 1 is 0.714 bits per heavy atom. The van der Waals surface area contributed by atoms with Crippen LogP contribution >= 0.6 is 0 Å². The maximum absolute atomic E-state index is 12.5. The topological polar surface area (TPSA) is 34.1 Å². The quantitative estimate of drug-likeness (QED) is 0.854. The van der Waals surface area contributed by atoms with E-state index < -0.39 is 9.84 Å². The molecule has 0 atom stereocenters. The zero-order valence-corrected chi connectivity index (χ0v) is 13.9. The van der Waals surface area contributed by atoms with E-state index in [1.54, 1.807) is 0 Å². The van der Waals surface area contributed by atoms with Gasteiger partial charge in [-0.05, 0) is 49.9 Å². The summed E-state index contributed by atoms with van der Waals surface area (Å²) in [6.45, 7) is 7.89. The summed E-state index contributed by atoms with van der Waals surface area (Å²) in [5.74, 6) is 0.210. The molecule has 0 aliphatic heterocycles. The zero-order chi connectivity index (χ0) is 15.6. The summed E-state index contributed by atoms with van der Waals surface area (Å²) in [6, 6.07) is 11.9. The van der Waals surface area contributed by atoms with Crippen LogP contribution in [0.15, 0.2) is 36.4 Å². The molecule has 0 aliphatic rings. The summed E-state index contributed by atoms with van der Waals surface area (Å²) < 4.78 is 25.0. The van der Waals surface area contributed by atoms with Gasteiger partial charge in [0.2, 0.25) is 0 Å². The van der Waals surface area contributed by atoms with Crippen molar-refractivity contribution in [2.45, 2.75) is 39.2 Å². The lowest BCUT2D eigenvalue weighted by molar-refractivity contribution is 0.594. The van der Waals surface area contributed by atoms with Gasteiger partial charge in [0.1, 0.15) is 0 Å². The molecule has 3 heteroatoms. The second-order valence-corrected chi connectivity index (χ2v) is 7.96. The Kier molecular flexibility index (Phi) is 4.52. The van der Waals surface area contributed by atoms with Crippen molar-refractivity contribution in [2.75, 3.05) is 0 Å². The Balaban J connectivity index is 2.26. The Hall–Kier alpha value is -1.61. The fourth-order valence-corrected chi connectivity index (χ4v) is 4.11. The maximum Gasteiger partial charge on any atom is 0.158 e. The predicted molar refractivity (Wildman–Crippen MR) is 88.2 cm³/mol. The molecule has 0 fully saturated rings. The molecular formula is C18H22O2S. The van der Waals surface area contributed by atoms with Crippen LogP contribution in [0.2, 0.25) is 0 Å². The van der Waals surface area contributed by atoms with Crippen molar-refractivity contribution in [1.82, 2.24) is 0 Å². The molecule has 21 heavy (non-hydrogen) atoms. The summed E-state index contributed by atoms with van der Waals surface area (Å²) in [6.07, 6.45) is 0. The van der Waals surface area contributed by atoms with Crippen molar-refractivity contribution in [3.63, 3.8) is 0 Å². The largest absolute Gasteiger partial charge is 0.228 e. The van der Waals surface area contributed by atoms with Crippen molar-refractivity contribution in [3.05, 3.63) is 69.8 Å². The summed E-state index contributed by atoms with van der Waals surface area (Å²) in [5.41, 5.74) is 6.06. The van der Waals surface area contributed by atoms with Crippen LogP contribution in [0.4, 0.5) is 0 Å². The molecule has 112 valence electrons. The number of sulfone groups is 1. The third kappa shape index (κ3) is 4.18. The summed E-state index contributed by atoms with van der Waals surface area (Å²) in [5, 5.41) is 0. The van der Waals surface area contributed by atoms with Crippen LogP contribution in [0.3, 0.4) is 0 Å².